The van der Waals surface area contributed by atoms with Crippen LogP contribution in [0.4, 0.5) is 5.69 Å². The van der Waals surface area contributed by atoms with E-state index in [9.17, 15) is 5.26 Å². The van der Waals surface area contributed by atoms with Crippen LogP contribution < -0.4 is 5.43 Å². The number of nitrogens with zero attached hydrogens (tertiary/aromatic N) is 4. The Morgan fingerprint density at radius 3 is 2.45 bits per heavy atom. The first kappa shape index (κ1) is 12.2. The number of nitrogens with one attached hydrogen (secondary N) is 1. The first-order chi connectivity index (χ1) is 9.70. The van der Waals surface area contributed by atoms with E-state index in [2.05, 4.69) is 21.7 Å². The van der Waals surface area contributed by atoms with E-state index in [-0.39, 0.29) is 5.69 Å². The minimum Gasteiger partial charge on any atom is -0.291 e. The smallest absolute Gasteiger partial charge is 0.188 e. The number of rotatable bonds is 2. The molecule has 0 radical (unpaired) electrons. The van der Waals surface area contributed by atoms with Crippen molar-refractivity contribution in [1.82, 2.24) is 14.9 Å². The summed E-state index contributed by atoms with van der Waals surface area (Å²) in [6, 6.07) is 13.8. The van der Waals surface area contributed by atoms with Crippen LogP contribution in [0, 0.1) is 25.2 Å². The standard InChI is InChI=1S/C15H13N5/c1-10-7-8-11(2)20(10)19-15-12-5-3-4-6-13(12)17-18-14(15)9-16/h3-8H,1-2H3,(H,17,19). The number of hydrogen-bond donors (Lipinski definition) is 1. The Morgan fingerprint density at radius 2 is 1.75 bits per heavy atom. The van der Waals surface area contributed by atoms with Crippen LogP contribution in [0.3, 0.4) is 0 Å². The predicted octanol–water partition coefficient (Wildman–Crippen LogP) is 2.80. The van der Waals surface area contributed by atoms with Crippen molar-refractivity contribution in [2.75, 3.05) is 5.43 Å². The number of hydrogen-bond acceptors (Lipinski definition) is 4. The number of benzene rings is 1. The maximum Gasteiger partial charge on any atom is 0.188 e. The zero-order valence-electron chi connectivity index (χ0n) is 11.3. The monoisotopic (exact) mass is 263 g/mol. The van der Waals surface area contributed by atoms with E-state index < -0.39 is 0 Å². The summed E-state index contributed by atoms with van der Waals surface area (Å²) in [4.78, 5) is 0. The second kappa shape index (κ2) is 4.67. The Hall–Kier alpha value is -2.87. The summed E-state index contributed by atoms with van der Waals surface area (Å²) < 4.78 is 1.93. The summed E-state index contributed by atoms with van der Waals surface area (Å²) in [5.41, 5.74) is 7.13. The Kier molecular flexibility index (Phi) is 2.84. The Labute approximate surface area is 116 Å². The molecule has 3 rings (SSSR count). The minimum atomic E-state index is 0.288. The average Bonchev–Trinajstić information content (AvgIpc) is 2.79. The minimum absolute atomic E-state index is 0.288. The van der Waals surface area contributed by atoms with Gasteiger partial charge in [0.1, 0.15) is 11.8 Å². The first-order valence-electron chi connectivity index (χ1n) is 6.28. The molecular formula is C15H13N5. The molecule has 0 saturated carbocycles. The molecule has 98 valence electrons. The maximum absolute atomic E-state index is 9.24. The summed E-state index contributed by atoms with van der Waals surface area (Å²) in [6.07, 6.45) is 0. The van der Waals surface area contributed by atoms with Gasteiger partial charge in [-0.2, -0.15) is 5.26 Å². The van der Waals surface area contributed by atoms with Crippen LogP contribution in [-0.2, 0) is 0 Å². The molecule has 0 aliphatic heterocycles. The number of aryl methyl sites for hydroxylation is 2. The van der Waals surface area contributed by atoms with Crippen LogP contribution in [0.1, 0.15) is 17.1 Å². The molecule has 0 unspecified atom stereocenters. The van der Waals surface area contributed by atoms with Gasteiger partial charge in [0.25, 0.3) is 0 Å². The van der Waals surface area contributed by atoms with Crippen LogP contribution in [0.25, 0.3) is 10.9 Å². The second-order valence-corrected chi connectivity index (χ2v) is 4.62. The second-order valence-electron chi connectivity index (χ2n) is 4.62. The fourth-order valence-corrected chi connectivity index (χ4v) is 2.20. The summed E-state index contributed by atoms with van der Waals surface area (Å²) in [5, 5.41) is 18.2. The van der Waals surface area contributed by atoms with E-state index in [1.807, 2.05) is 54.9 Å². The highest BCUT2D eigenvalue weighted by molar-refractivity contribution is 5.92. The molecule has 5 nitrogen and oxygen atoms in total. The van der Waals surface area contributed by atoms with E-state index in [0.717, 1.165) is 22.3 Å². The Balaban J connectivity index is 2.22. The molecule has 1 N–H and O–H groups in total. The lowest BCUT2D eigenvalue weighted by molar-refractivity contribution is 0.877. The van der Waals surface area contributed by atoms with E-state index in [0.29, 0.717) is 5.69 Å². The Bertz CT molecular complexity index is 806. The molecule has 0 spiro atoms. The van der Waals surface area contributed by atoms with Gasteiger partial charge in [0, 0.05) is 16.8 Å². The third kappa shape index (κ3) is 1.88. The zero-order chi connectivity index (χ0) is 14.1. The predicted molar refractivity (Wildman–Crippen MR) is 77.2 cm³/mol. The van der Waals surface area contributed by atoms with Gasteiger partial charge in [0.2, 0.25) is 0 Å². The SMILES string of the molecule is Cc1ccc(C)n1Nc1c(C#N)nnc2ccccc12. The van der Waals surface area contributed by atoms with Crippen molar-refractivity contribution in [2.24, 2.45) is 0 Å². The van der Waals surface area contributed by atoms with E-state index in [1.165, 1.54) is 0 Å². The molecule has 2 heterocycles. The van der Waals surface area contributed by atoms with Gasteiger partial charge in [-0.1, -0.05) is 18.2 Å². The topological polar surface area (TPSA) is 66.5 Å². The van der Waals surface area contributed by atoms with Crippen molar-refractivity contribution < 1.29 is 0 Å². The fourth-order valence-electron chi connectivity index (χ4n) is 2.20. The van der Waals surface area contributed by atoms with Crippen LogP contribution >= 0.6 is 0 Å². The molecule has 2 aromatic heterocycles. The van der Waals surface area contributed by atoms with Gasteiger partial charge < -0.3 is 0 Å². The zero-order valence-corrected chi connectivity index (χ0v) is 11.3. The lowest BCUT2D eigenvalue weighted by Crippen LogP contribution is -2.14. The Morgan fingerprint density at radius 1 is 1.05 bits per heavy atom. The van der Waals surface area contributed by atoms with Crippen LogP contribution in [0.5, 0.6) is 0 Å². The highest BCUT2D eigenvalue weighted by Crippen LogP contribution is 2.24. The molecule has 1 aromatic carbocycles. The summed E-state index contributed by atoms with van der Waals surface area (Å²) in [7, 11) is 0. The number of nitriles is 1. The van der Waals surface area contributed by atoms with Gasteiger partial charge in [0.15, 0.2) is 5.69 Å². The summed E-state index contributed by atoms with van der Waals surface area (Å²) in [6.45, 7) is 4.01. The number of aromatic nitrogens is 3. The molecule has 0 atom stereocenters. The maximum atomic E-state index is 9.24. The van der Waals surface area contributed by atoms with Gasteiger partial charge in [-0.3, -0.25) is 10.1 Å². The van der Waals surface area contributed by atoms with Crippen LogP contribution in [0.15, 0.2) is 36.4 Å². The van der Waals surface area contributed by atoms with Crippen LogP contribution in [-0.4, -0.2) is 14.9 Å². The van der Waals surface area contributed by atoms with Crippen molar-refractivity contribution in [3.8, 4) is 6.07 Å². The number of fused-ring (bicyclic) bond motifs is 1. The molecule has 0 amide bonds. The normalized spacial score (nSPS) is 10.4. The van der Waals surface area contributed by atoms with Crippen molar-refractivity contribution in [2.45, 2.75) is 13.8 Å². The summed E-state index contributed by atoms with van der Waals surface area (Å²) >= 11 is 0. The highest BCUT2D eigenvalue weighted by Gasteiger charge is 2.11. The number of anilines is 1. The van der Waals surface area contributed by atoms with Crippen molar-refractivity contribution in [3.05, 3.63) is 53.5 Å². The lowest BCUT2D eigenvalue weighted by atomic mass is 10.2. The van der Waals surface area contributed by atoms with Crippen molar-refractivity contribution >= 4 is 16.6 Å². The van der Waals surface area contributed by atoms with Crippen LogP contribution in [0.2, 0.25) is 0 Å². The largest absolute Gasteiger partial charge is 0.291 e. The third-order valence-corrected chi connectivity index (χ3v) is 3.27. The van der Waals surface area contributed by atoms with E-state index >= 15 is 0 Å². The average molecular weight is 263 g/mol. The molecule has 20 heavy (non-hydrogen) atoms. The van der Waals surface area contributed by atoms with Gasteiger partial charge in [-0.15, -0.1) is 10.2 Å². The van der Waals surface area contributed by atoms with Crippen molar-refractivity contribution in [1.29, 1.82) is 5.26 Å². The summed E-state index contributed by atoms with van der Waals surface area (Å²) in [5.74, 6) is 0. The highest BCUT2D eigenvalue weighted by atomic mass is 15.4. The fraction of sp³-hybridized carbons (Fsp3) is 0.133. The van der Waals surface area contributed by atoms with E-state index in [4.69, 9.17) is 0 Å². The quantitative estimate of drug-likeness (QED) is 0.772. The van der Waals surface area contributed by atoms with Gasteiger partial charge in [-0.05, 0) is 32.0 Å². The lowest BCUT2D eigenvalue weighted by Gasteiger charge is -2.14. The molecule has 3 aromatic rings. The van der Waals surface area contributed by atoms with Gasteiger partial charge in [0.05, 0.1) is 5.52 Å². The molecule has 0 saturated heterocycles. The molecular weight excluding hydrogens is 250 g/mol. The van der Waals surface area contributed by atoms with Crippen molar-refractivity contribution in [3.63, 3.8) is 0 Å². The van der Waals surface area contributed by atoms with Gasteiger partial charge in [-0.25, -0.2) is 0 Å². The molecule has 0 aliphatic carbocycles. The first-order valence-corrected chi connectivity index (χ1v) is 6.28. The molecule has 0 fully saturated rings. The third-order valence-electron chi connectivity index (χ3n) is 3.27. The van der Waals surface area contributed by atoms with E-state index in [1.54, 1.807) is 0 Å². The molecule has 0 aliphatic rings. The van der Waals surface area contributed by atoms with Gasteiger partial charge >= 0.3 is 0 Å². The molecule has 5 heteroatoms. The molecule has 0 bridgehead atoms.